The zero-order valence-corrected chi connectivity index (χ0v) is 17.4. The van der Waals surface area contributed by atoms with Crippen molar-refractivity contribution in [1.29, 1.82) is 0 Å². The summed E-state index contributed by atoms with van der Waals surface area (Å²) in [6.07, 6.45) is -5.00. The molecule has 1 aliphatic rings. The third kappa shape index (κ3) is 4.31. The predicted molar refractivity (Wildman–Crippen MR) is 111 cm³/mol. The highest BCUT2D eigenvalue weighted by atomic mass is 35.5. The number of fused-ring (bicyclic) bond motifs is 1. The molecule has 0 radical (unpaired) electrons. The quantitative estimate of drug-likeness (QED) is 0.573. The van der Waals surface area contributed by atoms with Crippen LogP contribution in [0.4, 0.5) is 13.2 Å². The Labute approximate surface area is 184 Å². The van der Waals surface area contributed by atoms with Crippen LogP contribution in [0.15, 0.2) is 51.7 Å². The maximum atomic E-state index is 13.3. The Kier molecular flexibility index (Phi) is 5.87. The molecule has 1 saturated heterocycles. The Balaban J connectivity index is 1.77. The van der Waals surface area contributed by atoms with Gasteiger partial charge in [0.15, 0.2) is 11.0 Å². The number of esters is 1. The topological polar surface area (TPSA) is 77.8 Å². The largest absolute Gasteiger partial charge is 0.488 e. The molecule has 168 valence electrons. The molecule has 4 rings (SSSR count). The molecule has 1 aliphatic heterocycles. The van der Waals surface area contributed by atoms with E-state index in [0.29, 0.717) is 0 Å². The van der Waals surface area contributed by atoms with Gasteiger partial charge >= 0.3 is 12.1 Å². The Morgan fingerprint density at radius 1 is 1.22 bits per heavy atom. The molecule has 3 aromatic rings. The van der Waals surface area contributed by atoms with Crippen molar-refractivity contribution in [3.8, 4) is 17.1 Å². The van der Waals surface area contributed by atoms with Crippen molar-refractivity contribution in [2.75, 3.05) is 13.7 Å². The number of para-hydroxylation sites is 1. The van der Waals surface area contributed by atoms with E-state index in [-0.39, 0.29) is 46.0 Å². The van der Waals surface area contributed by atoms with Crippen LogP contribution in [0.5, 0.6) is 5.75 Å². The lowest BCUT2D eigenvalue weighted by molar-refractivity contribution is -0.142. The first-order valence-electron chi connectivity index (χ1n) is 9.59. The van der Waals surface area contributed by atoms with Crippen molar-refractivity contribution in [2.45, 2.75) is 24.7 Å². The van der Waals surface area contributed by atoms with E-state index in [1.54, 1.807) is 6.07 Å². The maximum absolute atomic E-state index is 13.3. The fourth-order valence-corrected chi connectivity index (χ4v) is 3.78. The molecule has 1 N–H and O–H groups in total. The van der Waals surface area contributed by atoms with Crippen LogP contribution in [0.3, 0.4) is 0 Å². The van der Waals surface area contributed by atoms with Gasteiger partial charge in [0, 0.05) is 19.0 Å². The van der Waals surface area contributed by atoms with Crippen LogP contribution in [-0.2, 0) is 15.7 Å². The minimum absolute atomic E-state index is 0.00907. The van der Waals surface area contributed by atoms with Gasteiger partial charge in [-0.15, -0.1) is 0 Å². The van der Waals surface area contributed by atoms with Gasteiger partial charge in [0.25, 0.3) is 0 Å². The Morgan fingerprint density at radius 2 is 2.00 bits per heavy atom. The minimum Gasteiger partial charge on any atom is -0.488 e. The summed E-state index contributed by atoms with van der Waals surface area (Å²) in [7, 11) is 1.25. The van der Waals surface area contributed by atoms with E-state index in [0.717, 1.165) is 12.1 Å². The van der Waals surface area contributed by atoms with Crippen molar-refractivity contribution in [3.63, 3.8) is 0 Å². The van der Waals surface area contributed by atoms with E-state index in [2.05, 4.69) is 10.1 Å². The molecule has 0 spiro atoms. The number of methoxy groups -OCH3 is 1. The van der Waals surface area contributed by atoms with Gasteiger partial charge in [-0.3, -0.25) is 9.59 Å². The van der Waals surface area contributed by atoms with Gasteiger partial charge in [0.1, 0.15) is 23.7 Å². The average molecular weight is 468 g/mol. The molecule has 1 aromatic heterocycles. The van der Waals surface area contributed by atoms with Crippen molar-refractivity contribution in [3.05, 3.63) is 63.3 Å². The molecule has 2 aromatic carbocycles. The van der Waals surface area contributed by atoms with Crippen LogP contribution in [-0.4, -0.2) is 31.8 Å². The number of nitrogens with one attached hydrogen (secondary N) is 1. The predicted octanol–water partition coefficient (Wildman–Crippen LogP) is 4.41. The van der Waals surface area contributed by atoms with E-state index in [9.17, 15) is 22.8 Å². The molecule has 32 heavy (non-hydrogen) atoms. The molecule has 0 saturated carbocycles. The van der Waals surface area contributed by atoms with E-state index in [4.69, 9.17) is 20.8 Å². The van der Waals surface area contributed by atoms with E-state index >= 15 is 0 Å². The van der Waals surface area contributed by atoms with Gasteiger partial charge in [0.2, 0.25) is 0 Å². The number of hydrogen-bond donors (Lipinski definition) is 1. The van der Waals surface area contributed by atoms with Gasteiger partial charge in [-0.25, -0.2) is 0 Å². The second-order valence-electron chi connectivity index (χ2n) is 7.26. The van der Waals surface area contributed by atoms with Crippen molar-refractivity contribution in [2.24, 2.45) is 0 Å². The molecule has 2 heterocycles. The van der Waals surface area contributed by atoms with Crippen LogP contribution in [0.2, 0.25) is 5.02 Å². The van der Waals surface area contributed by atoms with Crippen LogP contribution in [0, 0.1) is 0 Å². The molecular formula is C22H17ClF3NO5. The van der Waals surface area contributed by atoms with E-state index < -0.39 is 35.3 Å². The SMILES string of the molecule is COC(=O)[C@@H]1CC(Oc2cc(C(F)(F)F)ccc2-c2cc(=O)c3cccc(Cl)c3o2)CN1. The summed E-state index contributed by atoms with van der Waals surface area (Å²) < 4.78 is 56.3. The molecule has 1 unspecified atom stereocenters. The second kappa shape index (κ2) is 8.48. The standard InChI is InChI=1S/C22H17ClF3NO5/c1-30-21(29)16-8-12(10-27-16)31-18-7-11(22(24,25)26)5-6-14(18)19-9-17(28)13-3-2-4-15(23)20(13)32-19/h2-7,9,12,16,27H,8,10H2,1H3/t12?,16-/m0/s1. The van der Waals surface area contributed by atoms with Gasteiger partial charge in [-0.2, -0.15) is 13.2 Å². The molecule has 0 amide bonds. The third-order valence-corrected chi connectivity index (χ3v) is 5.45. The lowest BCUT2D eigenvalue weighted by Gasteiger charge is -2.18. The number of alkyl halides is 3. The smallest absolute Gasteiger partial charge is 0.416 e. The summed E-state index contributed by atoms with van der Waals surface area (Å²) in [5.74, 6) is -0.614. The highest BCUT2D eigenvalue weighted by Gasteiger charge is 2.34. The number of ether oxygens (including phenoxy) is 2. The Morgan fingerprint density at radius 3 is 2.72 bits per heavy atom. The zero-order chi connectivity index (χ0) is 23.0. The van der Waals surface area contributed by atoms with Crippen LogP contribution < -0.4 is 15.5 Å². The van der Waals surface area contributed by atoms with Crippen LogP contribution in [0.25, 0.3) is 22.3 Å². The van der Waals surface area contributed by atoms with E-state index in [1.807, 2.05) is 0 Å². The van der Waals surface area contributed by atoms with Crippen molar-refractivity contribution >= 4 is 28.5 Å². The molecule has 2 atom stereocenters. The number of rotatable bonds is 4. The summed E-state index contributed by atoms with van der Waals surface area (Å²) in [5, 5.41) is 3.35. The summed E-state index contributed by atoms with van der Waals surface area (Å²) in [6.45, 7) is 0.225. The fraction of sp³-hybridized carbons (Fsp3) is 0.273. The molecule has 6 nitrogen and oxygen atoms in total. The first kappa shape index (κ1) is 22.2. The second-order valence-corrected chi connectivity index (χ2v) is 7.67. The molecule has 0 aliphatic carbocycles. The average Bonchev–Trinajstić information content (AvgIpc) is 3.21. The van der Waals surface area contributed by atoms with Crippen LogP contribution >= 0.6 is 11.6 Å². The summed E-state index contributed by atoms with van der Waals surface area (Å²) in [4.78, 5) is 24.3. The van der Waals surface area contributed by atoms with Gasteiger partial charge in [0.05, 0.1) is 28.6 Å². The van der Waals surface area contributed by atoms with Gasteiger partial charge in [-0.1, -0.05) is 17.7 Å². The normalized spacial score (nSPS) is 18.7. The zero-order valence-electron chi connectivity index (χ0n) is 16.7. The first-order chi connectivity index (χ1) is 15.2. The highest BCUT2D eigenvalue weighted by molar-refractivity contribution is 6.34. The molecule has 0 bridgehead atoms. The monoisotopic (exact) mass is 467 g/mol. The number of halogens is 4. The van der Waals surface area contributed by atoms with E-state index in [1.165, 1.54) is 31.4 Å². The van der Waals surface area contributed by atoms with Gasteiger partial charge in [-0.05, 0) is 30.3 Å². The summed E-state index contributed by atoms with van der Waals surface area (Å²) in [6, 6.07) is 8.13. The van der Waals surface area contributed by atoms with Gasteiger partial charge < -0.3 is 19.2 Å². The van der Waals surface area contributed by atoms with Crippen LogP contribution in [0.1, 0.15) is 12.0 Å². The number of benzene rings is 2. The number of carbonyl (C=O) groups is 1. The molecule has 10 heteroatoms. The molecular weight excluding hydrogens is 451 g/mol. The molecule has 1 fully saturated rings. The Bertz CT molecular complexity index is 1240. The maximum Gasteiger partial charge on any atom is 0.416 e. The van der Waals surface area contributed by atoms with Crippen molar-refractivity contribution < 1.29 is 31.9 Å². The summed E-state index contributed by atoms with van der Waals surface area (Å²) in [5.41, 5.74) is -1.05. The number of hydrogen-bond acceptors (Lipinski definition) is 6. The third-order valence-electron chi connectivity index (χ3n) is 5.15. The first-order valence-corrected chi connectivity index (χ1v) is 9.97. The minimum atomic E-state index is -4.60. The van der Waals surface area contributed by atoms with Crippen molar-refractivity contribution in [1.82, 2.24) is 5.32 Å². The fourth-order valence-electron chi connectivity index (χ4n) is 3.57. The lowest BCUT2D eigenvalue weighted by atomic mass is 10.1. The Hall–Kier alpha value is -3.04. The lowest BCUT2D eigenvalue weighted by Crippen LogP contribution is -2.31. The number of carbonyl (C=O) groups excluding carboxylic acids is 1. The summed E-state index contributed by atoms with van der Waals surface area (Å²) >= 11 is 6.15. The highest BCUT2D eigenvalue weighted by Crippen LogP contribution is 2.39.